The number of carboxylic acid groups (broad SMARTS) is 1. The van der Waals surface area contributed by atoms with Crippen LogP contribution in [0, 0.1) is 5.41 Å². The van der Waals surface area contributed by atoms with Crippen LogP contribution in [-0.4, -0.2) is 37.4 Å². The van der Waals surface area contributed by atoms with Crippen molar-refractivity contribution in [2.24, 2.45) is 5.41 Å². The number of carboxylic acids is 1. The summed E-state index contributed by atoms with van der Waals surface area (Å²) in [7, 11) is 0. The van der Waals surface area contributed by atoms with E-state index in [1.807, 2.05) is 0 Å². The molecular formula is C9H15NO3. The molecule has 0 radical (unpaired) electrons. The molecule has 1 fully saturated rings. The molecule has 1 aliphatic rings. The number of nitrogens with one attached hydrogen (secondary N) is 1. The lowest BCUT2D eigenvalue weighted by molar-refractivity contribution is -0.151. The lowest BCUT2D eigenvalue weighted by Crippen LogP contribution is -2.38. The lowest BCUT2D eigenvalue weighted by Gasteiger charge is -2.21. The van der Waals surface area contributed by atoms with Gasteiger partial charge < -0.3 is 15.2 Å². The molecule has 2 N–H and O–H groups in total. The van der Waals surface area contributed by atoms with Gasteiger partial charge in [0.05, 0.1) is 13.2 Å². The molecule has 4 heteroatoms. The predicted molar refractivity (Wildman–Crippen MR) is 48.6 cm³/mol. The van der Waals surface area contributed by atoms with E-state index >= 15 is 0 Å². The van der Waals surface area contributed by atoms with Crippen molar-refractivity contribution in [1.82, 2.24) is 5.32 Å². The van der Waals surface area contributed by atoms with E-state index in [2.05, 4.69) is 11.9 Å². The molecule has 1 rings (SSSR count). The van der Waals surface area contributed by atoms with Gasteiger partial charge in [-0.05, 0) is 13.0 Å². The van der Waals surface area contributed by atoms with Crippen LogP contribution in [0.5, 0.6) is 0 Å². The van der Waals surface area contributed by atoms with Crippen molar-refractivity contribution in [2.45, 2.75) is 6.42 Å². The fourth-order valence-electron chi connectivity index (χ4n) is 1.45. The molecule has 1 atom stereocenters. The quantitative estimate of drug-likeness (QED) is 0.476. The zero-order valence-corrected chi connectivity index (χ0v) is 7.58. The molecule has 4 nitrogen and oxygen atoms in total. The molecule has 0 aromatic heterocycles. The Morgan fingerprint density at radius 3 is 3.00 bits per heavy atom. The third-order valence-corrected chi connectivity index (χ3v) is 2.31. The van der Waals surface area contributed by atoms with E-state index in [1.54, 1.807) is 6.08 Å². The Balaban J connectivity index is 2.47. The summed E-state index contributed by atoms with van der Waals surface area (Å²) in [6, 6.07) is 0. The first-order valence-electron chi connectivity index (χ1n) is 4.34. The van der Waals surface area contributed by atoms with Gasteiger partial charge in [-0.3, -0.25) is 4.79 Å². The van der Waals surface area contributed by atoms with Crippen LogP contribution in [0.4, 0.5) is 0 Å². The maximum Gasteiger partial charge on any atom is 0.313 e. The molecule has 74 valence electrons. The van der Waals surface area contributed by atoms with E-state index in [9.17, 15) is 4.79 Å². The minimum absolute atomic E-state index is 0.265. The maximum absolute atomic E-state index is 11.0. The van der Waals surface area contributed by atoms with Gasteiger partial charge in [-0.25, -0.2) is 0 Å². The molecule has 0 amide bonds. The molecule has 1 heterocycles. The Labute approximate surface area is 77.6 Å². The summed E-state index contributed by atoms with van der Waals surface area (Å²) in [5.41, 5.74) is -0.719. The Morgan fingerprint density at radius 2 is 2.54 bits per heavy atom. The molecule has 1 saturated heterocycles. The normalized spacial score (nSPS) is 27.4. The van der Waals surface area contributed by atoms with E-state index in [4.69, 9.17) is 9.84 Å². The fraction of sp³-hybridized carbons (Fsp3) is 0.667. The average Bonchev–Trinajstić information content (AvgIpc) is 2.55. The van der Waals surface area contributed by atoms with Crippen molar-refractivity contribution in [2.75, 3.05) is 26.3 Å². The highest BCUT2D eigenvalue weighted by atomic mass is 16.5. The van der Waals surface area contributed by atoms with Gasteiger partial charge >= 0.3 is 5.97 Å². The van der Waals surface area contributed by atoms with E-state index in [1.165, 1.54) is 0 Å². The van der Waals surface area contributed by atoms with Crippen LogP contribution < -0.4 is 5.32 Å². The smallest absolute Gasteiger partial charge is 0.313 e. The second kappa shape index (κ2) is 4.39. The van der Waals surface area contributed by atoms with Crippen LogP contribution in [0.3, 0.4) is 0 Å². The molecule has 0 saturated carbocycles. The second-order valence-electron chi connectivity index (χ2n) is 3.32. The van der Waals surface area contributed by atoms with Crippen LogP contribution >= 0.6 is 0 Å². The van der Waals surface area contributed by atoms with Crippen molar-refractivity contribution in [3.63, 3.8) is 0 Å². The van der Waals surface area contributed by atoms with Gasteiger partial charge in [0.1, 0.15) is 5.41 Å². The van der Waals surface area contributed by atoms with Crippen LogP contribution in [-0.2, 0) is 9.53 Å². The molecule has 0 bridgehead atoms. The van der Waals surface area contributed by atoms with Crippen LogP contribution in [0.25, 0.3) is 0 Å². The highest BCUT2D eigenvalue weighted by Gasteiger charge is 2.41. The van der Waals surface area contributed by atoms with Crippen molar-refractivity contribution < 1.29 is 14.6 Å². The van der Waals surface area contributed by atoms with E-state index < -0.39 is 11.4 Å². The molecule has 0 aromatic carbocycles. The van der Waals surface area contributed by atoms with Crippen LogP contribution in [0.1, 0.15) is 6.42 Å². The molecule has 1 aliphatic heterocycles. The van der Waals surface area contributed by atoms with Crippen LogP contribution in [0.15, 0.2) is 12.7 Å². The first kappa shape index (κ1) is 10.2. The Bertz CT molecular complexity index is 197. The maximum atomic E-state index is 11.0. The number of rotatable bonds is 5. The minimum Gasteiger partial charge on any atom is -0.481 e. The van der Waals surface area contributed by atoms with E-state index in [0.717, 1.165) is 6.54 Å². The zero-order valence-electron chi connectivity index (χ0n) is 7.58. The first-order chi connectivity index (χ1) is 6.21. The highest BCUT2D eigenvalue weighted by molar-refractivity contribution is 5.75. The summed E-state index contributed by atoms with van der Waals surface area (Å²) in [6.07, 6.45) is 2.26. The average molecular weight is 185 g/mol. The monoisotopic (exact) mass is 185 g/mol. The minimum atomic E-state index is -0.776. The van der Waals surface area contributed by atoms with Gasteiger partial charge in [0.25, 0.3) is 0 Å². The van der Waals surface area contributed by atoms with Gasteiger partial charge in [-0.1, -0.05) is 6.08 Å². The number of hydrogen-bond acceptors (Lipinski definition) is 3. The lowest BCUT2D eigenvalue weighted by atomic mass is 9.88. The van der Waals surface area contributed by atoms with Gasteiger partial charge in [-0.2, -0.15) is 0 Å². The summed E-state index contributed by atoms with van der Waals surface area (Å²) < 4.78 is 5.19. The molecule has 0 aromatic rings. The number of carbonyl (C=O) groups is 1. The van der Waals surface area contributed by atoms with Gasteiger partial charge in [-0.15, -0.1) is 6.58 Å². The number of hydrogen-bond donors (Lipinski definition) is 2. The fourth-order valence-corrected chi connectivity index (χ4v) is 1.45. The van der Waals surface area contributed by atoms with Crippen molar-refractivity contribution in [3.8, 4) is 0 Å². The molecule has 0 spiro atoms. The van der Waals surface area contributed by atoms with Gasteiger partial charge in [0.15, 0.2) is 0 Å². The molecule has 13 heavy (non-hydrogen) atoms. The number of aliphatic carboxylic acids is 1. The second-order valence-corrected chi connectivity index (χ2v) is 3.32. The summed E-state index contributed by atoms with van der Waals surface area (Å²) in [4.78, 5) is 11.0. The zero-order chi connectivity index (χ0) is 9.73. The summed E-state index contributed by atoms with van der Waals surface area (Å²) in [6.45, 7) is 5.43. The summed E-state index contributed by atoms with van der Waals surface area (Å²) in [5.74, 6) is -0.776. The number of ether oxygens (including phenoxy) is 1. The largest absolute Gasteiger partial charge is 0.481 e. The Hall–Kier alpha value is -0.870. The highest BCUT2D eigenvalue weighted by Crippen LogP contribution is 2.25. The predicted octanol–water partition coefficient (Wildman–Crippen LogP) is 0.253. The molecule has 1 unspecified atom stereocenters. The van der Waals surface area contributed by atoms with Gasteiger partial charge in [0, 0.05) is 6.54 Å². The van der Waals surface area contributed by atoms with Gasteiger partial charge in [0.2, 0.25) is 0 Å². The van der Waals surface area contributed by atoms with Crippen molar-refractivity contribution in [1.29, 1.82) is 0 Å². The first-order valence-corrected chi connectivity index (χ1v) is 4.34. The third-order valence-electron chi connectivity index (χ3n) is 2.31. The van der Waals surface area contributed by atoms with Crippen LogP contribution in [0.2, 0.25) is 0 Å². The molecule has 0 aliphatic carbocycles. The Morgan fingerprint density at radius 1 is 1.77 bits per heavy atom. The Kier molecular flexibility index (Phi) is 3.45. The third kappa shape index (κ3) is 2.29. The van der Waals surface area contributed by atoms with Crippen molar-refractivity contribution in [3.05, 3.63) is 12.7 Å². The summed E-state index contributed by atoms with van der Waals surface area (Å²) >= 11 is 0. The standard InChI is InChI=1S/C9H15NO3/c1-2-5-13-7-9(8(11)12)3-4-10-6-9/h2,10H,1,3-7H2,(H,11,12). The topological polar surface area (TPSA) is 58.6 Å². The SMILES string of the molecule is C=CCOCC1(C(=O)O)CCNC1. The van der Waals surface area contributed by atoms with E-state index in [-0.39, 0.29) is 6.61 Å². The molecular weight excluding hydrogens is 170 g/mol. The summed E-state index contributed by atoms with van der Waals surface area (Å²) in [5, 5.41) is 12.1. The van der Waals surface area contributed by atoms with Crippen molar-refractivity contribution >= 4 is 5.97 Å². The van der Waals surface area contributed by atoms with E-state index in [0.29, 0.717) is 19.6 Å².